The van der Waals surface area contributed by atoms with Gasteiger partial charge in [0, 0.05) is 13.1 Å². The first-order chi connectivity index (χ1) is 16.4. The molecule has 35 heavy (non-hydrogen) atoms. The number of aliphatic hydroxyl groups is 2. The molecule has 1 aliphatic rings. The summed E-state index contributed by atoms with van der Waals surface area (Å²) in [5.41, 5.74) is -6.49. The lowest BCUT2D eigenvalue weighted by Gasteiger charge is -2.38. The lowest BCUT2D eigenvalue weighted by atomic mass is 9.73. The Labute approximate surface area is 196 Å². The summed E-state index contributed by atoms with van der Waals surface area (Å²) in [6, 6.07) is 6.22. The average molecular weight is 511 g/mol. The van der Waals surface area contributed by atoms with Crippen molar-refractivity contribution in [2.24, 2.45) is 0 Å². The van der Waals surface area contributed by atoms with Gasteiger partial charge in [0.05, 0.1) is 12.6 Å². The summed E-state index contributed by atoms with van der Waals surface area (Å²) in [7, 11) is 0. The van der Waals surface area contributed by atoms with Crippen molar-refractivity contribution < 1.29 is 50.4 Å². The Balaban J connectivity index is 1.92. The number of halogens is 7. The van der Waals surface area contributed by atoms with E-state index in [1.165, 1.54) is 0 Å². The minimum absolute atomic E-state index is 0.0259. The molecule has 0 saturated carbocycles. The van der Waals surface area contributed by atoms with E-state index in [0.717, 1.165) is 37.4 Å². The van der Waals surface area contributed by atoms with E-state index in [0.29, 0.717) is 24.3 Å². The molecule has 2 aromatic carbocycles. The van der Waals surface area contributed by atoms with Gasteiger partial charge in [-0.15, -0.1) is 0 Å². The topological polar surface area (TPSA) is 61.9 Å². The third-order valence-corrected chi connectivity index (χ3v) is 5.70. The van der Waals surface area contributed by atoms with Gasteiger partial charge in [-0.3, -0.25) is 4.90 Å². The van der Waals surface area contributed by atoms with Crippen LogP contribution in [-0.2, 0) is 5.41 Å². The molecule has 2 unspecified atom stereocenters. The van der Waals surface area contributed by atoms with Crippen LogP contribution in [0.3, 0.4) is 0 Å². The van der Waals surface area contributed by atoms with Gasteiger partial charge in [0.1, 0.15) is 37.5 Å². The number of nitrogens with zero attached hydrogens (tertiary/aromatic N) is 1. The summed E-state index contributed by atoms with van der Waals surface area (Å²) in [6.07, 6.45) is -13.0. The Bertz CT molecular complexity index is 930. The number of aliphatic hydroxyl groups excluding tert-OH is 2. The number of rotatable bonds is 11. The maximum Gasteiger partial charge on any atom is 0.411 e. The van der Waals surface area contributed by atoms with Crippen LogP contribution in [0.1, 0.15) is 11.1 Å². The fraction of sp³-hybridized carbons (Fsp3) is 0.478. The van der Waals surface area contributed by atoms with Crippen molar-refractivity contribution >= 4 is 0 Å². The molecule has 1 fully saturated rings. The van der Waals surface area contributed by atoms with Crippen molar-refractivity contribution in [1.29, 1.82) is 0 Å². The molecule has 12 heteroatoms. The number of alkyl halides is 7. The van der Waals surface area contributed by atoms with Crippen LogP contribution >= 0.6 is 0 Å². The van der Waals surface area contributed by atoms with Gasteiger partial charge < -0.3 is 19.7 Å². The average Bonchev–Trinajstić information content (AvgIpc) is 3.63. The Morgan fingerprint density at radius 1 is 0.771 bits per heavy atom. The summed E-state index contributed by atoms with van der Waals surface area (Å²) in [5.74, 6) is -0.0736. The largest absolute Gasteiger partial charge is 0.492 e. The molecule has 2 atom stereocenters. The Hall–Kier alpha value is -2.57. The highest BCUT2D eigenvalue weighted by Gasteiger charge is 2.72. The summed E-state index contributed by atoms with van der Waals surface area (Å²) in [6.45, 7) is -0.271. The monoisotopic (exact) mass is 511 g/mol. The lowest BCUT2D eigenvalue weighted by Crippen LogP contribution is -2.54. The van der Waals surface area contributed by atoms with Gasteiger partial charge >= 0.3 is 12.4 Å². The molecule has 0 aromatic heterocycles. The fourth-order valence-corrected chi connectivity index (χ4v) is 3.71. The lowest BCUT2D eigenvalue weighted by molar-refractivity contribution is -0.288. The molecule has 0 bridgehead atoms. The fourth-order valence-electron chi connectivity index (χ4n) is 3.71. The van der Waals surface area contributed by atoms with Crippen LogP contribution in [0.4, 0.5) is 30.7 Å². The van der Waals surface area contributed by atoms with Crippen molar-refractivity contribution in [3.05, 3.63) is 59.7 Å². The van der Waals surface area contributed by atoms with E-state index in [-0.39, 0.29) is 30.8 Å². The molecule has 0 amide bonds. The van der Waals surface area contributed by atoms with Crippen LogP contribution in [0.2, 0.25) is 0 Å². The Kier molecular flexibility index (Phi) is 8.17. The summed E-state index contributed by atoms with van der Waals surface area (Å²) in [5, 5.41) is 18.5. The second-order valence-electron chi connectivity index (χ2n) is 8.10. The van der Waals surface area contributed by atoms with Crippen molar-refractivity contribution in [2.75, 3.05) is 39.6 Å². The van der Waals surface area contributed by atoms with Gasteiger partial charge in [-0.05, 0) is 35.4 Å². The first-order valence-corrected chi connectivity index (χ1v) is 10.6. The Morgan fingerprint density at radius 2 is 1.20 bits per heavy atom. The van der Waals surface area contributed by atoms with Crippen LogP contribution in [0.5, 0.6) is 11.5 Å². The number of ether oxygens (including phenoxy) is 2. The third kappa shape index (κ3) is 5.81. The first kappa shape index (κ1) is 27.0. The predicted molar refractivity (Wildman–Crippen MR) is 111 cm³/mol. The molecule has 5 nitrogen and oxygen atoms in total. The molecule has 3 rings (SSSR count). The van der Waals surface area contributed by atoms with Gasteiger partial charge in [0.25, 0.3) is 0 Å². The normalized spacial score (nSPS) is 16.6. The molecule has 194 valence electrons. The zero-order valence-corrected chi connectivity index (χ0v) is 18.3. The maximum absolute atomic E-state index is 14.2. The van der Waals surface area contributed by atoms with E-state index >= 15 is 0 Å². The maximum atomic E-state index is 14.2. The molecule has 0 radical (unpaired) electrons. The molecular weight excluding hydrogens is 487 g/mol. The zero-order valence-electron chi connectivity index (χ0n) is 18.3. The quantitative estimate of drug-likeness (QED) is 0.355. The SMILES string of the molecule is OCC(COc1ccc(C(c2ccc(OCC(O)CF)cc2)(C(F)(F)F)C(F)(F)F)cc1)N1CC1. The minimum Gasteiger partial charge on any atom is -0.492 e. The van der Waals surface area contributed by atoms with Crippen LogP contribution in [0.15, 0.2) is 48.5 Å². The van der Waals surface area contributed by atoms with Crippen LogP contribution in [-0.4, -0.2) is 79.2 Å². The van der Waals surface area contributed by atoms with E-state index in [1.54, 1.807) is 0 Å². The van der Waals surface area contributed by atoms with E-state index in [4.69, 9.17) is 9.47 Å². The third-order valence-electron chi connectivity index (χ3n) is 5.70. The molecule has 2 N–H and O–H groups in total. The van der Waals surface area contributed by atoms with Gasteiger partial charge in [-0.2, -0.15) is 26.3 Å². The van der Waals surface area contributed by atoms with Crippen molar-refractivity contribution in [3.8, 4) is 11.5 Å². The second kappa shape index (κ2) is 10.6. The molecule has 1 heterocycles. The highest BCUT2D eigenvalue weighted by Crippen LogP contribution is 2.56. The van der Waals surface area contributed by atoms with Crippen LogP contribution in [0, 0.1) is 0 Å². The smallest absolute Gasteiger partial charge is 0.411 e. The van der Waals surface area contributed by atoms with E-state index in [9.17, 15) is 40.9 Å². The van der Waals surface area contributed by atoms with E-state index in [1.807, 2.05) is 4.90 Å². The second-order valence-corrected chi connectivity index (χ2v) is 8.10. The van der Waals surface area contributed by atoms with E-state index in [2.05, 4.69) is 0 Å². The Morgan fingerprint density at radius 3 is 1.54 bits per heavy atom. The highest BCUT2D eigenvalue weighted by atomic mass is 19.4. The standard InChI is InChI=1S/C23H24F7NO4/c24-11-18(33)14-35-20-7-3-16(4-8-20)21(22(25,26)27,23(28,29)30)15-1-5-19(6-2-15)34-13-17(12-32)31-9-10-31/h1-8,17-18,32-33H,9-14H2. The molecule has 0 spiro atoms. The van der Waals surface area contributed by atoms with Crippen LogP contribution in [0.25, 0.3) is 0 Å². The van der Waals surface area contributed by atoms with Gasteiger partial charge in [-0.25, -0.2) is 4.39 Å². The molecule has 0 aliphatic carbocycles. The molecule has 1 saturated heterocycles. The first-order valence-electron chi connectivity index (χ1n) is 10.6. The van der Waals surface area contributed by atoms with Gasteiger partial charge in [0.2, 0.25) is 5.41 Å². The van der Waals surface area contributed by atoms with Crippen molar-refractivity contribution in [1.82, 2.24) is 4.90 Å². The van der Waals surface area contributed by atoms with Gasteiger partial charge in [0.15, 0.2) is 0 Å². The molecular formula is C23H24F7NO4. The molecule has 1 aliphatic heterocycles. The van der Waals surface area contributed by atoms with Crippen molar-refractivity contribution in [3.63, 3.8) is 0 Å². The predicted octanol–water partition coefficient (Wildman–Crippen LogP) is 3.86. The highest BCUT2D eigenvalue weighted by molar-refractivity contribution is 5.47. The van der Waals surface area contributed by atoms with Gasteiger partial charge in [-0.1, -0.05) is 24.3 Å². The summed E-state index contributed by atoms with van der Waals surface area (Å²) in [4.78, 5) is 1.90. The van der Waals surface area contributed by atoms with E-state index < -0.39 is 48.3 Å². The van der Waals surface area contributed by atoms with Crippen LogP contribution < -0.4 is 9.47 Å². The molecule has 2 aromatic rings. The zero-order chi connectivity index (χ0) is 25.9. The summed E-state index contributed by atoms with van der Waals surface area (Å²) >= 11 is 0. The minimum atomic E-state index is -5.76. The summed E-state index contributed by atoms with van der Waals surface area (Å²) < 4.78 is 108. The number of hydrogen-bond acceptors (Lipinski definition) is 5. The number of benzene rings is 2. The number of hydrogen-bond donors (Lipinski definition) is 2. The van der Waals surface area contributed by atoms with Crippen molar-refractivity contribution in [2.45, 2.75) is 29.9 Å².